The van der Waals surface area contributed by atoms with Gasteiger partial charge in [-0.3, -0.25) is 0 Å². The van der Waals surface area contributed by atoms with Crippen molar-refractivity contribution >= 4 is 29.9 Å². The number of rotatable bonds is 10. The second kappa shape index (κ2) is 15.0. The lowest BCUT2D eigenvalue weighted by atomic mass is 10.1. The summed E-state index contributed by atoms with van der Waals surface area (Å²) in [7, 11) is 3.27. The van der Waals surface area contributed by atoms with Crippen LogP contribution in [0, 0.1) is 0 Å². The normalized spacial score (nSPS) is 14.3. The van der Waals surface area contributed by atoms with Crippen molar-refractivity contribution in [3.05, 3.63) is 59.2 Å². The molecule has 7 nitrogen and oxygen atoms in total. The van der Waals surface area contributed by atoms with Crippen LogP contribution in [0.2, 0.25) is 0 Å². The molecule has 0 radical (unpaired) electrons. The number of benzene rings is 2. The molecule has 2 aromatic rings. The van der Waals surface area contributed by atoms with Crippen LogP contribution in [-0.4, -0.2) is 46.0 Å². The fourth-order valence-electron chi connectivity index (χ4n) is 3.49. The monoisotopic (exact) mass is 569 g/mol. The highest BCUT2D eigenvalue weighted by Gasteiger charge is 2.14. The molecule has 0 bridgehead atoms. The Labute approximate surface area is 214 Å². The van der Waals surface area contributed by atoms with Gasteiger partial charge in [-0.05, 0) is 48.6 Å². The van der Waals surface area contributed by atoms with Crippen LogP contribution >= 0.6 is 24.0 Å². The summed E-state index contributed by atoms with van der Waals surface area (Å²) in [5, 5.41) is 6.69. The summed E-state index contributed by atoms with van der Waals surface area (Å²) in [4.78, 5) is 4.70. The summed E-state index contributed by atoms with van der Waals surface area (Å²) in [6.07, 6.45) is 2.28. The number of nitrogens with one attached hydrogen (secondary N) is 2. The van der Waals surface area contributed by atoms with Gasteiger partial charge in [0.25, 0.3) is 0 Å². The van der Waals surface area contributed by atoms with Gasteiger partial charge in [0.05, 0.1) is 33.5 Å². The first-order valence-corrected chi connectivity index (χ1v) is 11.2. The number of aliphatic imine (C=N–C) groups is 1. The Hall–Kier alpha value is -2.04. The van der Waals surface area contributed by atoms with E-state index in [4.69, 9.17) is 23.9 Å². The van der Waals surface area contributed by atoms with Gasteiger partial charge in [-0.2, -0.15) is 0 Å². The molecule has 1 aliphatic rings. The molecule has 0 spiro atoms. The minimum atomic E-state index is 0. The molecule has 1 fully saturated rings. The van der Waals surface area contributed by atoms with Crippen LogP contribution in [-0.2, 0) is 29.2 Å². The molecule has 0 amide bonds. The molecule has 0 unspecified atom stereocenters. The quantitative estimate of drug-likeness (QED) is 0.253. The standard InChI is InChI=1S/C25H35N3O4.HI/c1-4-26-25(28-17-21-9-10-23(29-2)24(15-21)30-3)27-16-19-5-7-20(8-6-19)18-32-22-11-13-31-14-12-22;/h5-10,15,22H,4,11-14,16-18H2,1-3H3,(H2,26,27,28);1H. The molecule has 0 saturated carbocycles. The second-order valence-electron chi connectivity index (χ2n) is 7.68. The number of hydrogen-bond donors (Lipinski definition) is 2. The summed E-state index contributed by atoms with van der Waals surface area (Å²) in [6.45, 7) is 6.33. The van der Waals surface area contributed by atoms with Crippen molar-refractivity contribution in [3.63, 3.8) is 0 Å². The maximum absolute atomic E-state index is 6.00. The van der Waals surface area contributed by atoms with Crippen LogP contribution < -0.4 is 20.1 Å². The number of nitrogens with zero attached hydrogens (tertiary/aromatic N) is 1. The van der Waals surface area contributed by atoms with Crippen molar-refractivity contribution in [3.8, 4) is 11.5 Å². The number of methoxy groups -OCH3 is 2. The maximum Gasteiger partial charge on any atom is 0.191 e. The predicted molar refractivity (Wildman–Crippen MR) is 142 cm³/mol. The molecule has 2 aromatic carbocycles. The van der Waals surface area contributed by atoms with Gasteiger partial charge in [-0.25, -0.2) is 4.99 Å². The van der Waals surface area contributed by atoms with E-state index < -0.39 is 0 Å². The van der Waals surface area contributed by atoms with E-state index in [9.17, 15) is 0 Å². The van der Waals surface area contributed by atoms with Gasteiger partial charge in [-0.1, -0.05) is 30.3 Å². The van der Waals surface area contributed by atoms with E-state index in [1.165, 1.54) is 11.1 Å². The fourth-order valence-corrected chi connectivity index (χ4v) is 3.49. The Morgan fingerprint density at radius 1 is 0.939 bits per heavy atom. The lowest BCUT2D eigenvalue weighted by Gasteiger charge is -2.22. The molecule has 8 heteroatoms. The van der Waals surface area contributed by atoms with Gasteiger partial charge in [0.2, 0.25) is 0 Å². The van der Waals surface area contributed by atoms with E-state index in [0.29, 0.717) is 37.3 Å². The third kappa shape index (κ3) is 9.02. The highest BCUT2D eigenvalue weighted by atomic mass is 127. The van der Waals surface area contributed by atoms with E-state index in [1.54, 1.807) is 14.2 Å². The lowest BCUT2D eigenvalue weighted by molar-refractivity contribution is -0.0390. The van der Waals surface area contributed by atoms with Crippen molar-refractivity contribution in [1.82, 2.24) is 10.6 Å². The van der Waals surface area contributed by atoms with Crippen LogP contribution in [0.3, 0.4) is 0 Å². The summed E-state index contributed by atoms with van der Waals surface area (Å²) in [5.74, 6) is 2.19. The number of guanidine groups is 1. The summed E-state index contributed by atoms with van der Waals surface area (Å²) < 4.78 is 22.1. The highest BCUT2D eigenvalue weighted by molar-refractivity contribution is 14.0. The molecular weight excluding hydrogens is 533 g/mol. The van der Waals surface area contributed by atoms with Crippen LogP contribution in [0.5, 0.6) is 11.5 Å². The molecule has 0 atom stereocenters. The number of halogens is 1. The van der Waals surface area contributed by atoms with E-state index in [-0.39, 0.29) is 24.0 Å². The molecule has 33 heavy (non-hydrogen) atoms. The van der Waals surface area contributed by atoms with Crippen LogP contribution in [0.1, 0.15) is 36.5 Å². The van der Waals surface area contributed by atoms with Crippen molar-refractivity contribution in [2.75, 3.05) is 34.0 Å². The molecule has 0 aliphatic carbocycles. The van der Waals surface area contributed by atoms with E-state index in [1.807, 2.05) is 18.2 Å². The molecular formula is C25H36IN3O4. The van der Waals surface area contributed by atoms with Crippen molar-refractivity contribution in [2.45, 2.75) is 45.6 Å². The Morgan fingerprint density at radius 3 is 2.27 bits per heavy atom. The Balaban J connectivity index is 0.00000385. The smallest absolute Gasteiger partial charge is 0.191 e. The minimum absolute atomic E-state index is 0. The topological polar surface area (TPSA) is 73.3 Å². The largest absolute Gasteiger partial charge is 0.493 e. The SMILES string of the molecule is CCNC(=NCc1ccc(OC)c(OC)c1)NCc1ccc(COC2CCOCC2)cc1.I. The molecule has 1 aliphatic heterocycles. The Bertz CT molecular complexity index is 855. The first kappa shape index (κ1) is 27.2. The minimum Gasteiger partial charge on any atom is -0.493 e. The fraction of sp³-hybridized carbons (Fsp3) is 0.480. The Morgan fingerprint density at radius 2 is 1.61 bits per heavy atom. The van der Waals surface area contributed by atoms with Gasteiger partial charge in [0.1, 0.15) is 0 Å². The highest BCUT2D eigenvalue weighted by Crippen LogP contribution is 2.27. The van der Waals surface area contributed by atoms with Gasteiger partial charge in [0, 0.05) is 26.3 Å². The van der Waals surface area contributed by atoms with Crippen molar-refractivity contribution < 1.29 is 18.9 Å². The summed E-state index contributed by atoms with van der Waals surface area (Å²) >= 11 is 0. The average molecular weight is 569 g/mol. The summed E-state index contributed by atoms with van der Waals surface area (Å²) in [6, 6.07) is 14.4. The second-order valence-corrected chi connectivity index (χ2v) is 7.68. The van der Waals surface area contributed by atoms with Crippen LogP contribution in [0.4, 0.5) is 0 Å². The zero-order chi connectivity index (χ0) is 22.6. The predicted octanol–water partition coefficient (Wildman–Crippen LogP) is 4.27. The first-order chi connectivity index (χ1) is 15.7. The zero-order valence-corrected chi connectivity index (χ0v) is 22.1. The Kier molecular flexibility index (Phi) is 12.3. The number of hydrogen-bond acceptors (Lipinski definition) is 5. The van der Waals surface area contributed by atoms with E-state index in [2.05, 4.69) is 41.8 Å². The van der Waals surface area contributed by atoms with Gasteiger partial charge >= 0.3 is 0 Å². The molecule has 182 valence electrons. The maximum atomic E-state index is 6.00. The van der Waals surface area contributed by atoms with Gasteiger partial charge < -0.3 is 29.6 Å². The van der Waals surface area contributed by atoms with Crippen molar-refractivity contribution in [2.24, 2.45) is 4.99 Å². The first-order valence-electron chi connectivity index (χ1n) is 11.2. The molecule has 3 rings (SSSR count). The summed E-state index contributed by atoms with van der Waals surface area (Å²) in [5.41, 5.74) is 3.43. The van der Waals surface area contributed by atoms with Crippen molar-refractivity contribution in [1.29, 1.82) is 0 Å². The van der Waals surface area contributed by atoms with Gasteiger partial charge in [0.15, 0.2) is 17.5 Å². The van der Waals surface area contributed by atoms with E-state index in [0.717, 1.165) is 44.1 Å². The van der Waals surface area contributed by atoms with E-state index >= 15 is 0 Å². The molecule has 2 N–H and O–H groups in total. The molecule has 0 aromatic heterocycles. The molecule has 1 heterocycles. The molecule has 1 saturated heterocycles. The number of ether oxygens (including phenoxy) is 4. The third-order valence-electron chi connectivity index (χ3n) is 5.35. The van der Waals surface area contributed by atoms with Crippen LogP contribution in [0.15, 0.2) is 47.5 Å². The van der Waals surface area contributed by atoms with Crippen LogP contribution in [0.25, 0.3) is 0 Å². The zero-order valence-electron chi connectivity index (χ0n) is 19.8. The average Bonchev–Trinajstić information content (AvgIpc) is 2.85. The van der Waals surface area contributed by atoms with Gasteiger partial charge in [-0.15, -0.1) is 24.0 Å². The lowest BCUT2D eigenvalue weighted by Crippen LogP contribution is -2.36. The third-order valence-corrected chi connectivity index (χ3v) is 5.35.